The quantitative estimate of drug-likeness (QED) is 0.687. The van der Waals surface area contributed by atoms with Crippen molar-refractivity contribution >= 4 is 17.8 Å². The van der Waals surface area contributed by atoms with Crippen LogP contribution in [0.5, 0.6) is 0 Å². The highest BCUT2D eigenvalue weighted by molar-refractivity contribution is 5.86. The summed E-state index contributed by atoms with van der Waals surface area (Å²) in [7, 11) is 1.28. The van der Waals surface area contributed by atoms with Crippen LogP contribution in [0.3, 0.4) is 0 Å². The van der Waals surface area contributed by atoms with Crippen LogP contribution in [-0.2, 0) is 25.7 Å². The summed E-state index contributed by atoms with van der Waals surface area (Å²) in [6.07, 6.45) is 3.42. The van der Waals surface area contributed by atoms with E-state index in [0.29, 0.717) is 24.3 Å². The zero-order valence-corrected chi connectivity index (χ0v) is 15.7. The number of methoxy groups -OCH3 is 1. The Bertz CT molecular complexity index is 746. The number of carbonyl (C=O) groups is 3. The van der Waals surface area contributed by atoms with Crippen molar-refractivity contribution in [1.29, 1.82) is 0 Å². The summed E-state index contributed by atoms with van der Waals surface area (Å²) in [6.45, 7) is 0.0357. The Morgan fingerprint density at radius 1 is 1.21 bits per heavy atom. The maximum Gasteiger partial charge on any atom is 0.328 e. The largest absolute Gasteiger partial charge is 0.467 e. The summed E-state index contributed by atoms with van der Waals surface area (Å²) < 4.78 is 31.6. The molecule has 1 N–H and O–H groups in total. The van der Waals surface area contributed by atoms with Gasteiger partial charge in [0.1, 0.15) is 17.7 Å². The smallest absolute Gasteiger partial charge is 0.328 e. The average molecular weight is 394 g/mol. The van der Waals surface area contributed by atoms with E-state index >= 15 is 0 Å². The summed E-state index contributed by atoms with van der Waals surface area (Å²) in [4.78, 5) is 38.0. The number of esters is 1. The van der Waals surface area contributed by atoms with E-state index < -0.39 is 23.6 Å². The lowest BCUT2D eigenvalue weighted by Gasteiger charge is -2.25. The zero-order chi connectivity index (χ0) is 20.3. The number of hydrogen-bond acceptors (Lipinski definition) is 4. The number of halogens is 2. The number of nitrogens with one attached hydrogen (secondary N) is 1. The van der Waals surface area contributed by atoms with Gasteiger partial charge in [0.15, 0.2) is 0 Å². The molecule has 3 rings (SSSR count). The fourth-order valence-corrected chi connectivity index (χ4v) is 3.63. The van der Waals surface area contributed by atoms with Crippen LogP contribution in [0.1, 0.15) is 44.1 Å². The van der Waals surface area contributed by atoms with Gasteiger partial charge in [0, 0.05) is 31.5 Å². The SMILES string of the molecule is COC(=O)[C@H](CC1CC1)NC(=O)C[C@@H]1CCC(=O)N1Cc1cc(F)cc(F)c1. The Kier molecular flexibility index (Phi) is 6.26. The highest BCUT2D eigenvalue weighted by atomic mass is 19.1. The van der Waals surface area contributed by atoms with E-state index in [0.717, 1.165) is 18.9 Å². The minimum absolute atomic E-state index is 0.0295. The molecule has 0 spiro atoms. The molecule has 2 atom stereocenters. The van der Waals surface area contributed by atoms with E-state index in [1.807, 2.05) is 0 Å². The van der Waals surface area contributed by atoms with Crippen molar-refractivity contribution in [3.05, 3.63) is 35.4 Å². The number of nitrogens with zero attached hydrogens (tertiary/aromatic N) is 1. The molecule has 2 aliphatic rings. The Balaban J connectivity index is 1.61. The second-order valence-corrected chi connectivity index (χ2v) is 7.52. The number of ether oxygens (including phenoxy) is 1. The van der Waals surface area contributed by atoms with Gasteiger partial charge < -0.3 is 15.0 Å². The number of rotatable bonds is 8. The third-order valence-electron chi connectivity index (χ3n) is 5.24. The molecular weight excluding hydrogens is 370 g/mol. The highest BCUT2D eigenvalue weighted by Gasteiger charge is 2.35. The first kappa shape index (κ1) is 20.2. The van der Waals surface area contributed by atoms with Gasteiger partial charge in [-0.05, 0) is 36.5 Å². The van der Waals surface area contributed by atoms with Crippen molar-refractivity contribution in [2.75, 3.05) is 7.11 Å². The number of hydrogen-bond donors (Lipinski definition) is 1. The first-order chi connectivity index (χ1) is 13.4. The van der Waals surface area contributed by atoms with Gasteiger partial charge in [0.05, 0.1) is 7.11 Å². The summed E-state index contributed by atoms with van der Waals surface area (Å²) in [6, 6.07) is 2.06. The Labute approximate surface area is 162 Å². The lowest BCUT2D eigenvalue weighted by atomic mass is 10.1. The topological polar surface area (TPSA) is 75.7 Å². The van der Waals surface area contributed by atoms with Gasteiger partial charge in [-0.15, -0.1) is 0 Å². The van der Waals surface area contributed by atoms with Gasteiger partial charge in [0.25, 0.3) is 0 Å². The van der Waals surface area contributed by atoms with E-state index in [1.54, 1.807) is 0 Å². The molecule has 0 unspecified atom stereocenters. The van der Waals surface area contributed by atoms with Crippen molar-refractivity contribution in [3.63, 3.8) is 0 Å². The van der Waals surface area contributed by atoms with Crippen LogP contribution in [-0.4, -0.2) is 41.9 Å². The van der Waals surface area contributed by atoms with Crippen LogP contribution in [0.25, 0.3) is 0 Å². The molecule has 6 nitrogen and oxygen atoms in total. The number of carbonyl (C=O) groups excluding carboxylic acids is 3. The van der Waals surface area contributed by atoms with Crippen molar-refractivity contribution in [1.82, 2.24) is 10.2 Å². The predicted octanol–water partition coefficient (Wildman–Crippen LogP) is 2.30. The molecule has 1 saturated heterocycles. The van der Waals surface area contributed by atoms with Crippen molar-refractivity contribution < 1.29 is 27.9 Å². The molecular formula is C20H24F2N2O4. The lowest BCUT2D eigenvalue weighted by Crippen LogP contribution is -2.44. The summed E-state index contributed by atoms with van der Waals surface area (Å²) in [5.41, 5.74) is 0.333. The van der Waals surface area contributed by atoms with Crippen LogP contribution in [0, 0.1) is 17.6 Å². The second-order valence-electron chi connectivity index (χ2n) is 7.52. The third-order valence-corrected chi connectivity index (χ3v) is 5.24. The molecule has 1 aliphatic heterocycles. The van der Waals surface area contributed by atoms with Gasteiger partial charge in [-0.3, -0.25) is 9.59 Å². The Morgan fingerprint density at radius 2 is 1.89 bits per heavy atom. The third kappa shape index (κ3) is 5.27. The monoisotopic (exact) mass is 394 g/mol. The minimum Gasteiger partial charge on any atom is -0.467 e. The van der Waals surface area contributed by atoms with Gasteiger partial charge in [-0.25, -0.2) is 13.6 Å². The van der Waals surface area contributed by atoms with E-state index in [9.17, 15) is 23.2 Å². The van der Waals surface area contributed by atoms with Gasteiger partial charge >= 0.3 is 5.97 Å². The van der Waals surface area contributed by atoms with Crippen LogP contribution < -0.4 is 5.32 Å². The molecule has 28 heavy (non-hydrogen) atoms. The van der Waals surface area contributed by atoms with E-state index in [2.05, 4.69) is 5.32 Å². The van der Waals surface area contributed by atoms with Gasteiger partial charge in [-0.1, -0.05) is 12.8 Å². The fraction of sp³-hybridized carbons (Fsp3) is 0.550. The summed E-state index contributed by atoms with van der Waals surface area (Å²) >= 11 is 0. The molecule has 8 heteroatoms. The van der Waals surface area contributed by atoms with Gasteiger partial charge in [-0.2, -0.15) is 0 Å². The molecule has 0 bridgehead atoms. The minimum atomic E-state index is -0.711. The molecule has 1 heterocycles. The molecule has 0 aromatic heterocycles. The maximum absolute atomic E-state index is 13.4. The highest BCUT2D eigenvalue weighted by Crippen LogP contribution is 2.34. The van der Waals surface area contributed by atoms with Crippen LogP contribution in [0.4, 0.5) is 8.78 Å². The molecule has 1 aromatic rings. The summed E-state index contributed by atoms with van der Waals surface area (Å²) in [5.74, 6) is -1.98. The molecule has 2 amide bonds. The molecule has 0 radical (unpaired) electrons. The predicted molar refractivity (Wildman–Crippen MR) is 95.8 cm³/mol. The van der Waals surface area contributed by atoms with Crippen LogP contribution in [0.2, 0.25) is 0 Å². The standard InChI is InChI=1S/C20H24F2N2O4/c1-28-20(27)17(8-12-2-3-12)23-18(25)10-16-4-5-19(26)24(16)11-13-6-14(21)9-15(22)7-13/h6-7,9,12,16-17H,2-5,8,10-11H2,1H3,(H,23,25)/t16-,17-/m0/s1. The Hall–Kier alpha value is -2.51. The van der Waals surface area contributed by atoms with Crippen LogP contribution in [0.15, 0.2) is 18.2 Å². The number of likely N-dealkylation sites (tertiary alicyclic amines) is 1. The van der Waals surface area contributed by atoms with Crippen molar-refractivity contribution in [2.45, 2.75) is 57.2 Å². The van der Waals surface area contributed by atoms with Crippen molar-refractivity contribution in [3.8, 4) is 0 Å². The zero-order valence-electron chi connectivity index (χ0n) is 15.7. The van der Waals surface area contributed by atoms with Crippen LogP contribution >= 0.6 is 0 Å². The van der Waals surface area contributed by atoms with E-state index in [4.69, 9.17) is 4.74 Å². The average Bonchev–Trinajstić information content (AvgIpc) is 3.39. The lowest BCUT2D eigenvalue weighted by molar-refractivity contribution is -0.145. The molecule has 1 aromatic carbocycles. The molecule has 152 valence electrons. The van der Waals surface area contributed by atoms with E-state index in [-0.39, 0.29) is 37.2 Å². The molecule has 1 aliphatic carbocycles. The normalized spacial score (nSPS) is 20.2. The first-order valence-electron chi connectivity index (χ1n) is 9.47. The second kappa shape index (κ2) is 8.67. The van der Waals surface area contributed by atoms with E-state index in [1.165, 1.54) is 24.1 Å². The van der Waals surface area contributed by atoms with Crippen molar-refractivity contribution in [2.24, 2.45) is 5.92 Å². The number of benzene rings is 1. The van der Waals surface area contributed by atoms with Gasteiger partial charge in [0.2, 0.25) is 11.8 Å². The Morgan fingerprint density at radius 3 is 2.50 bits per heavy atom. The molecule has 1 saturated carbocycles. The maximum atomic E-state index is 13.4. The summed E-state index contributed by atoms with van der Waals surface area (Å²) in [5, 5.41) is 2.71. The fourth-order valence-electron chi connectivity index (χ4n) is 3.63. The molecule has 2 fully saturated rings. The number of amides is 2. The first-order valence-corrected chi connectivity index (χ1v) is 9.47.